The molecule has 0 unspecified atom stereocenters. The van der Waals surface area contributed by atoms with Gasteiger partial charge in [-0.1, -0.05) is 23.7 Å². The van der Waals surface area contributed by atoms with Crippen molar-refractivity contribution in [3.63, 3.8) is 0 Å². The zero-order chi connectivity index (χ0) is 17.8. The first-order valence-corrected chi connectivity index (χ1v) is 8.45. The van der Waals surface area contributed by atoms with Gasteiger partial charge >= 0.3 is 0 Å². The number of aryl methyl sites for hydroxylation is 2. The van der Waals surface area contributed by atoms with Crippen LogP contribution in [0, 0.1) is 13.8 Å². The van der Waals surface area contributed by atoms with Gasteiger partial charge in [-0.2, -0.15) is 10.2 Å². The summed E-state index contributed by atoms with van der Waals surface area (Å²) in [5.41, 5.74) is 3.77. The lowest BCUT2D eigenvalue weighted by Gasteiger charge is -2.08. The van der Waals surface area contributed by atoms with E-state index in [0.717, 1.165) is 17.0 Å². The third kappa shape index (κ3) is 4.48. The fourth-order valence-electron chi connectivity index (χ4n) is 2.67. The molecule has 0 bridgehead atoms. The molecule has 0 saturated carbocycles. The standard InChI is InChI=1S/C18H20ClN5O/c1-13-8-14(2)24(22-13)11-15-4-3-5-16(9-15)18(25)20-6-7-23-12-17(19)10-21-23/h3-5,8-10,12H,6-7,11H2,1-2H3,(H,20,25). The molecule has 0 spiro atoms. The molecule has 0 radical (unpaired) electrons. The van der Waals surface area contributed by atoms with E-state index < -0.39 is 0 Å². The van der Waals surface area contributed by atoms with Crippen molar-refractivity contribution in [1.82, 2.24) is 24.9 Å². The highest BCUT2D eigenvalue weighted by atomic mass is 35.5. The number of carbonyl (C=O) groups is 1. The van der Waals surface area contributed by atoms with Gasteiger partial charge in [0, 0.05) is 24.0 Å². The second-order valence-corrected chi connectivity index (χ2v) is 6.40. The number of amides is 1. The first kappa shape index (κ1) is 17.2. The van der Waals surface area contributed by atoms with Crippen LogP contribution in [0.5, 0.6) is 0 Å². The minimum Gasteiger partial charge on any atom is -0.350 e. The van der Waals surface area contributed by atoms with E-state index in [-0.39, 0.29) is 5.91 Å². The maximum Gasteiger partial charge on any atom is 0.251 e. The molecule has 1 amide bonds. The smallest absolute Gasteiger partial charge is 0.251 e. The molecule has 0 fully saturated rings. The van der Waals surface area contributed by atoms with Crippen molar-refractivity contribution in [2.24, 2.45) is 0 Å². The molecule has 0 aliphatic carbocycles. The molecule has 0 saturated heterocycles. The van der Waals surface area contributed by atoms with E-state index in [1.165, 1.54) is 0 Å². The van der Waals surface area contributed by atoms with E-state index in [4.69, 9.17) is 11.6 Å². The number of aromatic nitrogens is 4. The highest BCUT2D eigenvalue weighted by molar-refractivity contribution is 6.30. The average Bonchev–Trinajstić information content (AvgIpc) is 3.12. The lowest BCUT2D eigenvalue weighted by atomic mass is 10.1. The molecular formula is C18H20ClN5O. The first-order chi connectivity index (χ1) is 12.0. The van der Waals surface area contributed by atoms with Crippen LogP contribution in [-0.2, 0) is 13.1 Å². The summed E-state index contributed by atoms with van der Waals surface area (Å²) in [6.45, 7) is 5.70. The second kappa shape index (κ2) is 7.53. The van der Waals surface area contributed by atoms with Crippen molar-refractivity contribution in [2.45, 2.75) is 26.9 Å². The van der Waals surface area contributed by atoms with Crippen LogP contribution >= 0.6 is 11.6 Å². The molecule has 3 rings (SSSR count). The van der Waals surface area contributed by atoms with Crippen molar-refractivity contribution < 1.29 is 4.79 Å². The maximum absolute atomic E-state index is 12.3. The van der Waals surface area contributed by atoms with E-state index in [0.29, 0.717) is 30.2 Å². The van der Waals surface area contributed by atoms with Crippen molar-refractivity contribution in [3.8, 4) is 0 Å². The van der Waals surface area contributed by atoms with Gasteiger partial charge in [-0.25, -0.2) is 0 Å². The molecule has 2 heterocycles. The Kier molecular flexibility index (Phi) is 5.19. The zero-order valence-corrected chi connectivity index (χ0v) is 15.0. The van der Waals surface area contributed by atoms with Gasteiger partial charge in [0.15, 0.2) is 0 Å². The number of benzene rings is 1. The molecule has 25 heavy (non-hydrogen) atoms. The summed E-state index contributed by atoms with van der Waals surface area (Å²) in [5.74, 6) is -0.103. The molecule has 1 aromatic carbocycles. The Bertz CT molecular complexity index is 883. The Morgan fingerprint density at radius 2 is 2.12 bits per heavy atom. The number of rotatable bonds is 6. The monoisotopic (exact) mass is 357 g/mol. The number of hydrogen-bond donors (Lipinski definition) is 1. The zero-order valence-electron chi connectivity index (χ0n) is 14.2. The van der Waals surface area contributed by atoms with Crippen LogP contribution in [0.1, 0.15) is 27.3 Å². The van der Waals surface area contributed by atoms with Crippen molar-refractivity contribution in [3.05, 3.63) is 70.3 Å². The lowest BCUT2D eigenvalue weighted by Crippen LogP contribution is -2.27. The van der Waals surface area contributed by atoms with Crippen LogP contribution in [0.15, 0.2) is 42.7 Å². The Balaban J connectivity index is 1.60. The molecule has 0 aliphatic heterocycles. The third-order valence-corrected chi connectivity index (χ3v) is 4.05. The number of nitrogens with one attached hydrogen (secondary N) is 1. The molecular weight excluding hydrogens is 338 g/mol. The average molecular weight is 358 g/mol. The molecule has 6 nitrogen and oxygen atoms in total. The fraction of sp³-hybridized carbons (Fsp3) is 0.278. The summed E-state index contributed by atoms with van der Waals surface area (Å²) < 4.78 is 3.63. The van der Waals surface area contributed by atoms with Gasteiger partial charge in [0.05, 0.1) is 30.0 Å². The van der Waals surface area contributed by atoms with Crippen LogP contribution in [0.2, 0.25) is 5.02 Å². The Morgan fingerprint density at radius 3 is 2.80 bits per heavy atom. The van der Waals surface area contributed by atoms with Gasteiger partial charge in [-0.05, 0) is 37.6 Å². The molecule has 1 N–H and O–H groups in total. The Labute approximate surface area is 151 Å². The van der Waals surface area contributed by atoms with E-state index in [1.807, 2.05) is 48.9 Å². The van der Waals surface area contributed by atoms with Gasteiger partial charge < -0.3 is 5.32 Å². The number of nitrogens with zero attached hydrogens (tertiary/aromatic N) is 4. The van der Waals surface area contributed by atoms with Gasteiger partial charge in [0.2, 0.25) is 0 Å². The predicted molar refractivity (Wildman–Crippen MR) is 96.8 cm³/mol. The SMILES string of the molecule is Cc1cc(C)n(Cc2cccc(C(=O)NCCn3cc(Cl)cn3)c2)n1. The van der Waals surface area contributed by atoms with Crippen LogP contribution < -0.4 is 5.32 Å². The molecule has 3 aromatic rings. The van der Waals surface area contributed by atoms with E-state index in [2.05, 4.69) is 15.5 Å². The maximum atomic E-state index is 12.3. The highest BCUT2D eigenvalue weighted by Crippen LogP contribution is 2.10. The largest absolute Gasteiger partial charge is 0.350 e. The quantitative estimate of drug-likeness (QED) is 0.737. The van der Waals surface area contributed by atoms with Gasteiger partial charge in [0.25, 0.3) is 5.91 Å². The van der Waals surface area contributed by atoms with Crippen molar-refractivity contribution in [1.29, 1.82) is 0 Å². The van der Waals surface area contributed by atoms with E-state index >= 15 is 0 Å². The Hall–Kier alpha value is -2.60. The van der Waals surface area contributed by atoms with Gasteiger partial charge in [-0.3, -0.25) is 14.2 Å². The normalized spacial score (nSPS) is 10.8. The van der Waals surface area contributed by atoms with Crippen LogP contribution in [-0.4, -0.2) is 32.0 Å². The molecule has 130 valence electrons. The predicted octanol–water partition coefficient (Wildman–Crippen LogP) is 2.83. The topological polar surface area (TPSA) is 64.7 Å². The number of carbonyl (C=O) groups excluding carboxylic acids is 1. The third-order valence-electron chi connectivity index (χ3n) is 3.85. The molecule has 7 heteroatoms. The number of hydrogen-bond acceptors (Lipinski definition) is 3. The summed E-state index contributed by atoms with van der Waals surface area (Å²) in [6.07, 6.45) is 3.30. The second-order valence-electron chi connectivity index (χ2n) is 5.96. The minimum absolute atomic E-state index is 0.103. The van der Waals surface area contributed by atoms with Crippen LogP contribution in [0.25, 0.3) is 0 Å². The van der Waals surface area contributed by atoms with E-state index in [9.17, 15) is 4.79 Å². The lowest BCUT2D eigenvalue weighted by molar-refractivity contribution is 0.0952. The highest BCUT2D eigenvalue weighted by Gasteiger charge is 2.08. The van der Waals surface area contributed by atoms with Gasteiger partial charge in [0.1, 0.15) is 0 Å². The van der Waals surface area contributed by atoms with Crippen LogP contribution in [0.3, 0.4) is 0 Å². The minimum atomic E-state index is -0.103. The Morgan fingerprint density at radius 1 is 1.28 bits per heavy atom. The molecule has 2 aromatic heterocycles. The summed E-state index contributed by atoms with van der Waals surface area (Å²) in [5, 5.41) is 12.0. The summed E-state index contributed by atoms with van der Waals surface area (Å²) in [7, 11) is 0. The van der Waals surface area contributed by atoms with E-state index in [1.54, 1.807) is 17.1 Å². The number of halogens is 1. The molecule has 0 aliphatic rings. The summed E-state index contributed by atoms with van der Waals surface area (Å²) in [4.78, 5) is 12.3. The fourth-order valence-corrected chi connectivity index (χ4v) is 2.82. The van der Waals surface area contributed by atoms with Gasteiger partial charge in [-0.15, -0.1) is 0 Å². The summed E-state index contributed by atoms with van der Waals surface area (Å²) >= 11 is 5.82. The van der Waals surface area contributed by atoms with Crippen LogP contribution in [0.4, 0.5) is 0 Å². The van der Waals surface area contributed by atoms with Crippen molar-refractivity contribution in [2.75, 3.05) is 6.54 Å². The summed E-state index contributed by atoms with van der Waals surface area (Å²) in [6, 6.07) is 9.64. The molecule has 0 atom stereocenters. The first-order valence-electron chi connectivity index (χ1n) is 8.07. The van der Waals surface area contributed by atoms with Crippen molar-refractivity contribution >= 4 is 17.5 Å².